The first kappa shape index (κ1) is 16.3. The van der Waals surface area contributed by atoms with Gasteiger partial charge in [0.05, 0.1) is 17.3 Å². The molecular formula is C18H20ClN5O. The Morgan fingerprint density at radius 1 is 1.24 bits per heavy atom. The van der Waals surface area contributed by atoms with E-state index in [9.17, 15) is 0 Å². The Hall–Kier alpha value is -2.18. The monoisotopic (exact) mass is 357 g/mol. The Kier molecular flexibility index (Phi) is 4.55. The summed E-state index contributed by atoms with van der Waals surface area (Å²) in [6.45, 7) is 4.55. The Morgan fingerprint density at radius 3 is 2.76 bits per heavy atom. The van der Waals surface area contributed by atoms with Gasteiger partial charge in [-0.25, -0.2) is 0 Å². The highest BCUT2D eigenvalue weighted by molar-refractivity contribution is 6.33. The minimum atomic E-state index is 0.490. The smallest absolute Gasteiger partial charge is 0.230 e. The van der Waals surface area contributed by atoms with Crippen molar-refractivity contribution in [2.75, 3.05) is 13.1 Å². The fourth-order valence-electron chi connectivity index (χ4n) is 3.35. The van der Waals surface area contributed by atoms with Crippen LogP contribution in [0.1, 0.15) is 36.2 Å². The Labute approximate surface area is 151 Å². The second-order valence-corrected chi connectivity index (χ2v) is 6.86. The van der Waals surface area contributed by atoms with Gasteiger partial charge in [-0.05, 0) is 38.1 Å². The molecular weight excluding hydrogens is 338 g/mol. The molecule has 0 amide bonds. The molecule has 0 bridgehead atoms. The lowest BCUT2D eigenvalue weighted by Gasteiger charge is -2.30. The number of nitrogens with zero attached hydrogens (tertiary/aromatic N) is 4. The summed E-state index contributed by atoms with van der Waals surface area (Å²) in [5, 5.41) is 16.3. The summed E-state index contributed by atoms with van der Waals surface area (Å²) >= 11 is 6.27. The van der Waals surface area contributed by atoms with Crippen molar-refractivity contribution in [2.45, 2.75) is 32.2 Å². The number of nitrogens with one attached hydrogen (secondary N) is 1. The minimum absolute atomic E-state index is 0.490. The fourth-order valence-corrected chi connectivity index (χ4v) is 3.58. The van der Waals surface area contributed by atoms with Crippen molar-refractivity contribution in [1.29, 1.82) is 0 Å². The maximum absolute atomic E-state index is 6.27. The van der Waals surface area contributed by atoms with E-state index >= 15 is 0 Å². The van der Waals surface area contributed by atoms with Crippen LogP contribution < -0.4 is 0 Å². The summed E-state index contributed by atoms with van der Waals surface area (Å²) in [6, 6.07) is 9.93. The van der Waals surface area contributed by atoms with E-state index in [-0.39, 0.29) is 0 Å². The molecule has 130 valence electrons. The molecule has 0 atom stereocenters. The maximum Gasteiger partial charge on any atom is 0.230 e. The molecule has 1 aliphatic heterocycles. The summed E-state index contributed by atoms with van der Waals surface area (Å²) in [4.78, 5) is 2.36. The van der Waals surface area contributed by atoms with E-state index in [0.29, 0.717) is 17.7 Å². The zero-order valence-corrected chi connectivity index (χ0v) is 14.8. The van der Waals surface area contributed by atoms with Crippen molar-refractivity contribution >= 4 is 11.6 Å². The third kappa shape index (κ3) is 3.60. The van der Waals surface area contributed by atoms with Crippen molar-refractivity contribution in [3.05, 3.63) is 52.8 Å². The topological polar surface area (TPSA) is 70.8 Å². The van der Waals surface area contributed by atoms with E-state index in [4.69, 9.17) is 16.0 Å². The largest absolute Gasteiger partial charge is 0.424 e. The molecule has 2 aromatic heterocycles. The molecule has 0 unspecified atom stereocenters. The first-order valence-electron chi connectivity index (χ1n) is 8.50. The van der Waals surface area contributed by atoms with Crippen LogP contribution in [-0.4, -0.2) is 38.4 Å². The van der Waals surface area contributed by atoms with E-state index in [0.717, 1.165) is 48.8 Å². The molecule has 0 saturated carbocycles. The number of benzene rings is 1. The van der Waals surface area contributed by atoms with Gasteiger partial charge >= 0.3 is 0 Å². The molecule has 0 spiro atoms. The van der Waals surface area contributed by atoms with Gasteiger partial charge in [0.25, 0.3) is 0 Å². The molecule has 3 aromatic rings. The van der Waals surface area contributed by atoms with Gasteiger partial charge in [-0.3, -0.25) is 10.00 Å². The van der Waals surface area contributed by atoms with Crippen LogP contribution in [-0.2, 0) is 6.54 Å². The molecule has 1 aliphatic rings. The van der Waals surface area contributed by atoms with Gasteiger partial charge in [-0.15, -0.1) is 10.2 Å². The van der Waals surface area contributed by atoms with Crippen molar-refractivity contribution in [1.82, 2.24) is 25.3 Å². The lowest BCUT2D eigenvalue weighted by molar-refractivity contribution is 0.185. The second kappa shape index (κ2) is 6.98. The molecule has 7 heteroatoms. The van der Waals surface area contributed by atoms with Gasteiger partial charge in [0.1, 0.15) is 0 Å². The molecule has 4 rings (SSSR count). The maximum atomic E-state index is 6.27. The lowest BCUT2D eigenvalue weighted by atomic mass is 9.93. The highest BCUT2D eigenvalue weighted by Gasteiger charge is 2.23. The van der Waals surface area contributed by atoms with Crippen molar-refractivity contribution in [3.63, 3.8) is 0 Å². The molecule has 0 aliphatic carbocycles. The van der Waals surface area contributed by atoms with Gasteiger partial charge in [-0.2, -0.15) is 5.10 Å². The number of likely N-dealkylation sites (tertiary alicyclic amines) is 1. The SMILES string of the molecule is Cc1nnc(CN2CCC(c3cc(-c4ccccc4Cl)n[nH]3)CC2)o1. The van der Waals surface area contributed by atoms with E-state index in [1.807, 2.05) is 31.2 Å². The normalized spacial score (nSPS) is 16.4. The number of hydrogen-bond acceptors (Lipinski definition) is 5. The van der Waals surface area contributed by atoms with Crippen LogP contribution in [0.4, 0.5) is 0 Å². The first-order chi connectivity index (χ1) is 12.2. The molecule has 3 heterocycles. The molecule has 0 radical (unpaired) electrons. The molecule has 1 saturated heterocycles. The zero-order valence-electron chi connectivity index (χ0n) is 14.1. The minimum Gasteiger partial charge on any atom is -0.424 e. The number of aromatic nitrogens is 4. The summed E-state index contributed by atoms with van der Waals surface area (Å²) < 4.78 is 5.47. The van der Waals surface area contributed by atoms with Gasteiger partial charge in [0.2, 0.25) is 11.8 Å². The van der Waals surface area contributed by atoms with E-state index in [2.05, 4.69) is 31.4 Å². The number of rotatable bonds is 4. The molecule has 1 fully saturated rings. The summed E-state index contributed by atoms with van der Waals surface area (Å²) in [6.07, 6.45) is 2.16. The van der Waals surface area contributed by atoms with E-state index in [1.54, 1.807) is 0 Å². The van der Waals surface area contributed by atoms with Crippen molar-refractivity contribution in [3.8, 4) is 11.3 Å². The fraction of sp³-hybridized carbons (Fsp3) is 0.389. The number of aromatic amines is 1. The first-order valence-corrected chi connectivity index (χ1v) is 8.88. The predicted molar refractivity (Wildman–Crippen MR) is 95.3 cm³/mol. The van der Waals surface area contributed by atoms with Crippen LogP contribution in [0.15, 0.2) is 34.7 Å². The van der Waals surface area contributed by atoms with Gasteiger partial charge in [-0.1, -0.05) is 29.8 Å². The van der Waals surface area contributed by atoms with Crippen LogP contribution in [0.3, 0.4) is 0 Å². The van der Waals surface area contributed by atoms with Crippen LogP contribution in [0.5, 0.6) is 0 Å². The Balaban J connectivity index is 1.39. The molecule has 1 aromatic carbocycles. The third-order valence-corrected chi connectivity index (χ3v) is 5.03. The van der Waals surface area contributed by atoms with Crippen LogP contribution in [0.2, 0.25) is 5.02 Å². The summed E-state index contributed by atoms with van der Waals surface area (Å²) in [5.41, 5.74) is 3.06. The Bertz CT molecular complexity index is 851. The molecule has 1 N–H and O–H groups in total. The highest BCUT2D eigenvalue weighted by atomic mass is 35.5. The standard InChI is InChI=1S/C18H20ClN5O/c1-12-20-23-18(25-12)11-24-8-6-13(7-9-24)16-10-17(22-21-16)14-4-2-3-5-15(14)19/h2-5,10,13H,6-9,11H2,1H3,(H,21,22). The van der Waals surface area contributed by atoms with Crippen LogP contribution >= 0.6 is 11.6 Å². The van der Waals surface area contributed by atoms with Crippen molar-refractivity contribution < 1.29 is 4.42 Å². The molecule has 6 nitrogen and oxygen atoms in total. The van der Waals surface area contributed by atoms with Crippen LogP contribution in [0.25, 0.3) is 11.3 Å². The highest BCUT2D eigenvalue weighted by Crippen LogP contribution is 2.32. The third-order valence-electron chi connectivity index (χ3n) is 4.70. The average molecular weight is 358 g/mol. The number of halogens is 1. The number of aryl methyl sites for hydroxylation is 1. The summed E-state index contributed by atoms with van der Waals surface area (Å²) in [7, 11) is 0. The quantitative estimate of drug-likeness (QED) is 0.769. The van der Waals surface area contributed by atoms with Crippen molar-refractivity contribution in [2.24, 2.45) is 0 Å². The second-order valence-electron chi connectivity index (χ2n) is 6.45. The van der Waals surface area contributed by atoms with Gasteiger partial charge in [0.15, 0.2) is 0 Å². The van der Waals surface area contributed by atoms with Gasteiger partial charge < -0.3 is 4.42 Å². The van der Waals surface area contributed by atoms with Gasteiger partial charge in [0, 0.05) is 24.1 Å². The van der Waals surface area contributed by atoms with E-state index in [1.165, 1.54) is 5.69 Å². The summed E-state index contributed by atoms with van der Waals surface area (Å²) in [5.74, 6) is 1.80. The van der Waals surface area contributed by atoms with E-state index < -0.39 is 0 Å². The molecule has 25 heavy (non-hydrogen) atoms. The Morgan fingerprint density at radius 2 is 2.04 bits per heavy atom. The number of H-pyrrole nitrogens is 1. The lowest BCUT2D eigenvalue weighted by Crippen LogP contribution is -2.32. The van der Waals surface area contributed by atoms with Crippen LogP contribution in [0, 0.1) is 6.92 Å². The predicted octanol–water partition coefficient (Wildman–Crippen LogP) is 3.80. The average Bonchev–Trinajstić information content (AvgIpc) is 3.25. The number of hydrogen-bond donors (Lipinski definition) is 1. The zero-order chi connectivity index (χ0) is 17.2. The number of piperidine rings is 1.